The average Bonchev–Trinajstić information content (AvgIpc) is 3.84. The molecule has 9 nitrogen and oxygen atoms in total. The minimum atomic E-state index is -0.767. The maximum atomic E-state index is 12.4. The van der Waals surface area contributed by atoms with Crippen LogP contribution in [-0.4, -0.2) is 76.8 Å². The third-order valence-electron chi connectivity index (χ3n) is 10.7. The van der Waals surface area contributed by atoms with E-state index in [1.165, 1.54) is 38.8 Å². The van der Waals surface area contributed by atoms with Crippen LogP contribution in [0.4, 0.5) is 0 Å². The highest BCUT2D eigenvalue weighted by Crippen LogP contribution is 2.39. The standard InChI is InChI=1S/C42H55N3O6/c46-30-31-14-16-34(17-15-31)39-26-38(29-45-24-8-11-37(45)28-44-22-5-6-23-44)50-42(51-39)35-20-18-33(19-21-35)36-10-7-9-32(25-36)27-43-40(47)12-3-1-2-4-13-41(48)49/h7,9-10,14-21,25,37-39,42,46H,1-6,8,11-13,22-24,26-30H2,(H,43,47)(H,48,49)/t37-,38+,39-,42-/m0/s1. The van der Waals surface area contributed by atoms with Crippen LogP contribution in [0.1, 0.15) is 105 Å². The van der Waals surface area contributed by atoms with Gasteiger partial charge in [0.25, 0.3) is 0 Å². The average molecular weight is 698 g/mol. The summed E-state index contributed by atoms with van der Waals surface area (Å²) < 4.78 is 13.4. The van der Waals surface area contributed by atoms with Gasteiger partial charge in [-0.05, 0) is 92.0 Å². The zero-order chi connectivity index (χ0) is 35.4. The molecule has 3 fully saturated rings. The van der Waals surface area contributed by atoms with Gasteiger partial charge in [-0.25, -0.2) is 0 Å². The minimum Gasteiger partial charge on any atom is -0.481 e. The van der Waals surface area contributed by atoms with Crippen LogP contribution < -0.4 is 5.32 Å². The third-order valence-corrected chi connectivity index (χ3v) is 10.7. The Kier molecular flexibility index (Phi) is 13.7. The fraction of sp³-hybridized carbons (Fsp3) is 0.524. The molecule has 0 aliphatic carbocycles. The number of rotatable bonds is 17. The number of carbonyl (C=O) groups is 2. The number of aliphatic hydroxyl groups is 1. The molecule has 3 N–H and O–H groups in total. The first-order valence-corrected chi connectivity index (χ1v) is 19.1. The number of nitrogens with zero attached hydrogens (tertiary/aromatic N) is 2. The second-order valence-electron chi connectivity index (χ2n) is 14.6. The summed E-state index contributed by atoms with van der Waals surface area (Å²) in [6, 6.07) is 25.4. The maximum Gasteiger partial charge on any atom is 0.303 e. The smallest absolute Gasteiger partial charge is 0.303 e. The number of ether oxygens (including phenoxy) is 2. The molecule has 0 aromatic heterocycles. The highest BCUT2D eigenvalue weighted by molar-refractivity contribution is 5.76. The van der Waals surface area contributed by atoms with Crippen LogP contribution >= 0.6 is 0 Å². The van der Waals surface area contributed by atoms with Gasteiger partial charge in [0.05, 0.1) is 18.8 Å². The van der Waals surface area contributed by atoms with E-state index in [0.717, 1.165) is 78.7 Å². The Labute approximate surface area is 302 Å². The van der Waals surface area contributed by atoms with Gasteiger partial charge in [0.2, 0.25) is 5.91 Å². The van der Waals surface area contributed by atoms with Crippen LogP contribution in [0.2, 0.25) is 0 Å². The molecule has 6 rings (SSSR count). The monoisotopic (exact) mass is 697 g/mol. The van der Waals surface area contributed by atoms with Gasteiger partial charge in [-0.2, -0.15) is 0 Å². The van der Waals surface area contributed by atoms with Crippen molar-refractivity contribution >= 4 is 11.9 Å². The van der Waals surface area contributed by atoms with Gasteiger partial charge in [0.15, 0.2) is 6.29 Å². The summed E-state index contributed by atoms with van der Waals surface area (Å²) in [7, 11) is 0. The summed E-state index contributed by atoms with van der Waals surface area (Å²) in [5.41, 5.74) is 6.19. The maximum absolute atomic E-state index is 12.4. The van der Waals surface area contributed by atoms with Crippen molar-refractivity contribution in [1.82, 2.24) is 15.1 Å². The fourth-order valence-electron chi connectivity index (χ4n) is 7.80. The summed E-state index contributed by atoms with van der Waals surface area (Å²) in [5.74, 6) is -0.750. The first-order chi connectivity index (χ1) is 24.9. The van der Waals surface area contributed by atoms with Gasteiger partial charge < -0.3 is 29.9 Å². The predicted octanol–water partition coefficient (Wildman–Crippen LogP) is 6.99. The van der Waals surface area contributed by atoms with Crippen LogP contribution in [0.25, 0.3) is 11.1 Å². The second kappa shape index (κ2) is 18.8. The van der Waals surface area contributed by atoms with Crippen molar-refractivity contribution in [2.75, 3.05) is 32.7 Å². The molecule has 51 heavy (non-hydrogen) atoms. The number of benzene rings is 3. The van der Waals surface area contributed by atoms with Crippen molar-refractivity contribution in [2.45, 2.75) is 108 Å². The number of carboxylic acids is 1. The molecule has 0 unspecified atom stereocenters. The second-order valence-corrected chi connectivity index (χ2v) is 14.6. The Morgan fingerprint density at radius 1 is 0.765 bits per heavy atom. The molecule has 3 aromatic carbocycles. The van der Waals surface area contributed by atoms with E-state index in [9.17, 15) is 14.7 Å². The van der Waals surface area contributed by atoms with Crippen LogP contribution in [0.15, 0.2) is 72.8 Å². The zero-order valence-electron chi connectivity index (χ0n) is 29.9. The number of carbonyl (C=O) groups excluding carboxylic acids is 1. The van der Waals surface area contributed by atoms with Gasteiger partial charge in [0.1, 0.15) is 0 Å². The Hall–Kier alpha value is -3.60. The van der Waals surface area contributed by atoms with Gasteiger partial charge in [-0.15, -0.1) is 0 Å². The molecule has 274 valence electrons. The SMILES string of the molecule is O=C(O)CCCCCCC(=O)NCc1cccc(-c2ccc([C@H]3O[C@@H](CN4CCC[C@H]4CN4CCCC4)C[C@@H](c4ccc(CO)cc4)O3)cc2)c1. The van der Waals surface area contributed by atoms with E-state index in [4.69, 9.17) is 14.6 Å². The van der Waals surface area contributed by atoms with Crippen molar-refractivity contribution in [1.29, 1.82) is 0 Å². The molecule has 3 saturated heterocycles. The third kappa shape index (κ3) is 10.9. The number of hydrogen-bond donors (Lipinski definition) is 3. The number of nitrogens with one attached hydrogen (secondary N) is 1. The number of hydrogen-bond acceptors (Lipinski definition) is 7. The molecule has 3 aromatic rings. The number of likely N-dealkylation sites (tertiary alicyclic amines) is 2. The number of amides is 1. The van der Waals surface area contributed by atoms with Crippen LogP contribution in [0.3, 0.4) is 0 Å². The molecular formula is C42H55N3O6. The Balaban J connectivity index is 1.07. The van der Waals surface area contributed by atoms with Crippen LogP contribution in [0, 0.1) is 0 Å². The summed E-state index contributed by atoms with van der Waals surface area (Å²) in [5, 5.41) is 21.4. The van der Waals surface area contributed by atoms with E-state index in [-0.39, 0.29) is 31.1 Å². The molecule has 0 spiro atoms. The summed E-state index contributed by atoms with van der Waals surface area (Å²) in [4.78, 5) is 28.3. The first-order valence-electron chi connectivity index (χ1n) is 19.1. The topological polar surface area (TPSA) is 112 Å². The van der Waals surface area contributed by atoms with E-state index >= 15 is 0 Å². The molecule has 3 heterocycles. The lowest BCUT2D eigenvalue weighted by Crippen LogP contribution is -2.45. The minimum absolute atomic E-state index is 0.0169. The van der Waals surface area contributed by atoms with Crippen molar-refractivity contribution in [3.63, 3.8) is 0 Å². The number of carboxylic acid groups (broad SMARTS) is 1. The lowest BCUT2D eigenvalue weighted by atomic mass is 9.98. The van der Waals surface area contributed by atoms with Gasteiger partial charge in [0, 0.05) is 50.5 Å². The van der Waals surface area contributed by atoms with Crippen LogP contribution in [0.5, 0.6) is 0 Å². The van der Waals surface area contributed by atoms with Gasteiger partial charge in [-0.1, -0.05) is 79.6 Å². The quantitative estimate of drug-likeness (QED) is 0.130. The Bertz CT molecular complexity index is 1540. The zero-order valence-corrected chi connectivity index (χ0v) is 29.9. The summed E-state index contributed by atoms with van der Waals surface area (Å²) >= 11 is 0. The Morgan fingerprint density at radius 2 is 1.51 bits per heavy atom. The Morgan fingerprint density at radius 3 is 2.25 bits per heavy atom. The molecule has 3 aliphatic heterocycles. The molecule has 0 bridgehead atoms. The predicted molar refractivity (Wildman–Crippen MR) is 198 cm³/mol. The van der Waals surface area contributed by atoms with Gasteiger partial charge >= 0.3 is 5.97 Å². The van der Waals surface area contributed by atoms with E-state index in [0.29, 0.717) is 25.4 Å². The molecule has 9 heteroatoms. The lowest BCUT2D eigenvalue weighted by Gasteiger charge is -2.39. The highest BCUT2D eigenvalue weighted by Gasteiger charge is 2.36. The van der Waals surface area contributed by atoms with Crippen molar-refractivity contribution in [3.8, 4) is 11.1 Å². The van der Waals surface area contributed by atoms with Crippen molar-refractivity contribution in [3.05, 3.63) is 95.1 Å². The molecule has 0 saturated carbocycles. The normalized spacial score (nSPS) is 22.7. The fourth-order valence-corrected chi connectivity index (χ4v) is 7.80. The van der Waals surface area contributed by atoms with Gasteiger partial charge in [-0.3, -0.25) is 14.5 Å². The first kappa shape index (κ1) is 37.2. The largest absolute Gasteiger partial charge is 0.481 e. The summed E-state index contributed by atoms with van der Waals surface area (Å²) in [6.45, 7) is 6.12. The van der Waals surface area contributed by atoms with Crippen LogP contribution in [-0.2, 0) is 32.2 Å². The lowest BCUT2D eigenvalue weighted by molar-refractivity contribution is -0.253. The van der Waals surface area contributed by atoms with E-state index in [2.05, 4.69) is 63.6 Å². The molecular weight excluding hydrogens is 642 g/mol. The van der Waals surface area contributed by atoms with E-state index < -0.39 is 12.3 Å². The van der Waals surface area contributed by atoms with Crippen molar-refractivity contribution in [2.24, 2.45) is 0 Å². The number of aliphatic hydroxyl groups excluding tert-OH is 1. The molecule has 4 atom stereocenters. The van der Waals surface area contributed by atoms with E-state index in [1.54, 1.807) is 0 Å². The molecule has 0 radical (unpaired) electrons. The highest BCUT2D eigenvalue weighted by atomic mass is 16.7. The molecule has 1 amide bonds. The summed E-state index contributed by atoms with van der Waals surface area (Å²) in [6.07, 6.45) is 9.11. The number of unbranched alkanes of at least 4 members (excludes halogenated alkanes) is 3. The van der Waals surface area contributed by atoms with Crippen molar-refractivity contribution < 1.29 is 29.3 Å². The van der Waals surface area contributed by atoms with E-state index in [1.807, 2.05) is 24.3 Å². The molecule has 3 aliphatic rings. The number of aliphatic carboxylic acids is 1.